The van der Waals surface area contributed by atoms with Crippen molar-refractivity contribution in [2.45, 2.75) is 46.5 Å². The average Bonchev–Trinajstić information content (AvgIpc) is 2.34. The Morgan fingerprint density at radius 2 is 1.94 bits per heavy atom. The van der Waals surface area contributed by atoms with E-state index in [4.69, 9.17) is 4.74 Å². The molecule has 100 valence electrons. The minimum atomic E-state index is -0.147. The van der Waals surface area contributed by atoms with E-state index in [0.29, 0.717) is 13.2 Å². The van der Waals surface area contributed by atoms with Crippen LogP contribution in [0, 0.1) is 0 Å². The summed E-state index contributed by atoms with van der Waals surface area (Å²) < 4.78 is 5.39. The van der Waals surface area contributed by atoms with Crippen LogP contribution < -0.4 is 10.6 Å². The van der Waals surface area contributed by atoms with Gasteiger partial charge in [-0.1, -0.05) is 25.8 Å². The van der Waals surface area contributed by atoms with Gasteiger partial charge in [0.15, 0.2) is 0 Å². The van der Waals surface area contributed by atoms with Crippen molar-refractivity contribution in [1.29, 1.82) is 0 Å². The van der Waals surface area contributed by atoms with Gasteiger partial charge in [-0.25, -0.2) is 4.79 Å². The molecule has 0 bridgehead atoms. The van der Waals surface area contributed by atoms with Crippen LogP contribution in [0.5, 0.6) is 0 Å². The van der Waals surface area contributed by atoms with E-state index in [-0.39, 0.29) is 6.03 Å². The first-order chi connectivity index (χ1) is 8.20. The van der Waals surface area contributed by atoms with Crippen LogP contribution in [-0.2, 0) is 4.74 Å². The van der Waals surface area contributed by atoms with E-state index in [1.54, 1.807) is 6.20 Å². The molecule has 4 heteroatoms. The molecule has 0 saturated heterocycles. The summed E-state index contributed by atoms with van der Waals surface area (Å²) in [6.07, 6.45) is 5.81. The fourth-order valence-corrected chi connectivity index (χ4v) is 1.07. The van der Waals surface area contributed by atoms with E-state index in [9.17, 15) is 4.79 Å². The van der Waals surface area contributed by atoms with E-state index in [1.165, 1.54) is 0 Å². The summed E-state index contributed by atoms with van der Waals surface area (Å²) in [6.45, 7) is 8.37. The predicted octanol–water partition coefficient (Wildman–Crippen LogP) is 2.81. The lowest BCUT2D eigenvalue weighted by atomic mass is 10.3. The number of carbonyl (C=O) groups excluding carboxylic acids is 1. The van der Waals surface area contributed by atoms with Crippen molar-refractivity contribution in [3.05, 3.63) is 11.8 Å². The maximum Gasteiger partial charge on any atom is 0.318 e. The molecule has 0 saturated carbocycles. The fraction of sp³-hybridized carbons (Fsp3) is 0.769. The number of nitrogens with one attached hydrogen (secondary N) is 2. The highest BCUT2D eigenvalue weighted by molar-refractivity contribution is 5.74. The quantitative estimate of drug-likeness (QED) is 0.611. The molecule has 0 fully saturated rings. The number of allylic oxidation sites excluding steroid dienone is 1. The maximum absolute atomic E-state index is 11.3. The topological polar surface area (TPSA) is 50.4 Å². The summed E-state index contributed by atoms with van der Waals surface area (Å²) in [5.41, 5.74) is 1.16. The fourth-order valence-electron chi connectivity index (χ4n) is 1.07. The van der Waals surface area contributed by atoms with Gasteiger partial charge in [-0.2, -0.15) is 0 Å². The van der Waals surface area contributed by atoms with Gasteiger partial charge >= 0.3 is 6.03 Å². The van der Waals surface area contributed by atoms with Crippen LogP contribution in [0.3, 0.4) is 0 Å². The predicted molar refractivity (Wildman–Crippen MR) is 70.9 cm³/mol. The smallest absolute Gasteiger partial charge is 0.318 e. The first-order valence-electron chi connectivity index (χ1n) is 6.48. The first-order valence-corrected chi connectivity index (χ1v) is 6.48. The molecule has 0 aliphatic rings. The number of hydrogen-bond acceptors (Lipinski definition) is 2. The molecular weight excluding hydrogens is 216 g/mol. The number of hydrogen-bond donors (Lipinski definition) is 2. The molecule has 0 rings (SSSR count). The molecule has 4 nitrogen and oxygen atoms in total. The van der Waals surface area contributed by atoms with Gasteiger partial charge in [-0.15, -0.1) is 0 Å². The zero-order valence-corrected chi connectivity index (χ0v) is 11.3. The molecule has 0 aromatic heterocycles. The zero-order chi connectivity index (χ0) is 12.9. The van der Waals surface area contributed by atoms with Crippen LogP contribution in [0.15, 0.2) is 11.8 Å². The Hall–Kier alpha value is -1.03. The Balaban J connectivity index is 3.33. The Labute approximate surface area is 105 Å². The number of ether oxygens (including phenoxy) is 1. The van der Waals surface area contributed by atoms with Gasteiger partial charge < -0.3 is 15.4 Å². The lowest BCUT2D eigenvalue weighted by Gasteiger charge is -2.06. The number of amides is 2. The van der Waals surface area contributed by atoms with Crippen molar-refractivity contribution in [1.82, 2.24) is 10.6 Å². The lowest BCUT2D eigenvalue weighted by molar-refractivity contribution is 0.129. The second kappa shape index (κ2) is 11.5. The monoisotopic (exact) mass is 242 g/mol. The normalized spacial score (nSPS) is 11.4. The van der Waals surface area contributed by atoms with E-state index in [1.807, 2.05) is 6.92 Å². The summed E-state index contributed by atoms with van der Waals surface area (Å²) in [5.74, 6) is 0. The van der Waals surface area contributed by atoms with Crippen molar-refractivity contribution < 1.29 is 9.53 Å². The summed E-state index contributed by atoms with van der Waals surface area (Å²) in [6, 6.07) is -0.147. The Bertz CT molecular complexity index is 227. The molecule has 0 heterocycles. The minimum Gasteiger partial charge on any atom is -0.381 e. The van der Waals surface area contributed by atoms with Gasteiger partial charge in [0.05, 0.1) is 0 Å². The van der Waals surface area contributed by atoms with Crippen LogP contribution >= 0.6 is 0 Å². The van der Waals surface area contributed by atoms with Crippen LogP contribution in [0.2, 0.25) is 0 Å². The van der Waals surface area contributed by atoms with Crippen LogP contribution in [0.25, 0.3) is 0 Å². The Morgan fingerprint density at radius 3 is 2.59 bits per heavy atom. The summed E-state index contributed by atoms with van der Waals surface area (Å²) in [5, 5.41) is 5.47. The highest BCUT2D eigenvalue weighted by Gasteiger charge is 1.96. The van der Waals surface area contributed by atoms with E-state index in [0.717, 1.165) is 37.9 Å². The van der Waals surface area contributed by atoms with Crippen molar-refractivity contribution in [3.63, 3.8) is 0 Å². The average molecular weight is 242 g/mol. The van der Waals surface area contributed by atoms with Crippen LogP contribution in [-0.4, -0.2) is 25.8 Å². The van der Waals surface area contributed by atoms with Crippen molar-refractivity contribution in [2.24, 2.45) is 0 Å². The molecule has 0 aliphatic heterocycles. The molecular formula is C13H26N2O2. The molecule has 2 N–H and O–H groups in total. The van der Waals surface area contributed by atoms with Crippen LogP contribution in [0.1, 0.15) is 46.5 Å². The number of unbranched alkanes of at least 4 members (excludes halogenated alkanes) is 1. The molecule has 2 amide bonds. The van der Waals surface area contributed by atoms with E-state index < -0.39 is 0 Å². The number of urea groups is 1. The summed E-state index contributed by atoms with van der Waals surface area (Å²) in [7, 11) is 0. The summed E-state index contributed by atoms with van der Waals surface area (Å²) >= 11 is 0. The van der Waals surface area contributed by atoms with Gasteiger partial charge in [0.2, 0.25) is 0 Å². The third-order valence-corrected chi connectivity index (χ3v) is 2.40. The molecule has 0 aromatic carbocycles. The largest absolute Gasteiger partial charge is 0.381 e. The minimum absolute atomic E-state index is 0.147. The van der Waals surface area contributed by atoms with Gasteiger partial charge in [0, 0.05) is 26.0 Å². The van der Waals surface area contributed by atoms with E-state index in [2.05, 4.69) is 24.5 Å². The summed E-state index contributed by atoms with van der Waals surface area (Å²) in [4.78, 5) is 11.3. The zero-order valence-electron chi connectivity index (χ0n) is 11.3. The highest BCUT2D eigenvalue weighted by atomic mass is 16.5. The number of carbonyl (C=O) groups is 1. The Kier molecular flexibility index (Phi) is 10.8. The third kappa shape index (κ3) is 11.2. The molecule has 0 unspecified atom stereocenters. The first kappa shape index (κ1) is 16.0. The van der Waals surface area contributed by atoms with Gasteiger partial charge in [-0.05, 0) is 26.2 Å². The van der Waals surface area contributed by atoms with Crippen LogP contribution in [0.4, 0.5) is 4.79 Å². The molecule has 17 heavy (non-hydrogen) atoms. The van der Waals surface area contributed by atoms with Crippen molar-refractivity contribution in [3.8, 4) is 0 Å². The van der Waals surface area contributed by atoms with Crippen molar-refractivity contribution in [2.75, 3.05) is 19.8 Å². The highest BCUT2D eigenvalue weighted by Crippen LogP contribution is 1.94. The molecule has 0 radical (unpaired) electrons. The molecule has 0 aliphatic carbocycles. The van der Waals surface area contributed by atoms with Gasteiger partial charge in [0.25, 0.3) is 0 Å². The van der Waals surface area contributed by atoms with Crippen molar-refractivity contribution >= 4 is 6.03 Å². The third-order valence-electron chi connectivity index (χ3n) is 2.40. The molecule has 0 aromatic rings. The maximum atomic E-state index is 11.3. The van der Waals surface area contributed by atoms with Gasteiger partial charge in [0.1, 0.15) is 0 Å². The standard InChI is InChI=1S/C13H26N2O2/c1-4-6-9-17-10-7-8-14-13(16)15-11-12(3)5-2/h11H,4-10H2,1-3H3,(H2,14,15,16)/b12-11+. The van der Waals surface area contributed by atoms with Gasteiger partial charge in [-0.3, -0.25) is 0 Å². The SMILES string of the molecule is CCCCOCCCNC(=O)N/C=C(\C)CC. The number of rotatable bonds is 9. The lowest BCUT2D eigenvalue weighted by Crippen LogP contribution is -2.33. The Morgan fingerprint density at radius 1 is 1.24 bits per heavy atom. The molecule has 0 atom stereocenters. The van der Waals surface area contributed by atoms with E-state index >= 15 is 0 Å². The second-order valence-electron chi connectivity index (χ2n) is 4.06. The molecule has 0 spiro atoms. The second-order valence-corrected chi connectivity index (χ2v) is 4.06.